The van der Waals surface area contributed by atoms with E-state index < -0.39 is 0 Å². The maximum absolute atomic E-state index is 12.7. The second-order valence-corrected chi connectivity index (χ2v) is 7.70. The summed E-state index contributed by atoms with van der Waals surface area (Å²) in [6.07, 6.45) is 1.59. The van der Waals surface area contributed by atoms with Crippen LogP contribution in [0.25, 0.3) is 0 Å². The number of morpholine rings is 1. The Morgan fingerprint density at radius 2 is 2.04 bits per heavy atom. The first-order valence-electron chi connectivity index (χ1n) is 8.94. The van der Waals surface area contributed by atoms with Crippen LogP contribution in [-0.4, -0.2) is 75.3 Å². The Labute approximate surface area is 160 Å². The van der Waals surface area contributed by atoms with Crippen LogP contribution in [0.5, 0.6) is 0 Å². The van der Waals surface area contributed by atoms with Crippen molar-refractivity contribution in [2.75, 3.05) is 32.8 Å². The summed E-state index contributed by atoms with van der Waals surface area (Å²) in [6.45, 7) is 4.58. The molecule has 0 aromatic carbocycles. The number of hydrogen-bond acceptors (Lipinski definition) is 8. The Bertz CT molecular complexity index is 813. The summed E-state index contributed by atoms with van der Waals surface area (Å²) in [6, 6.07) is 0. The normalized spacial score (nSPS) is 19.4. The van der Waals surface area contributed by atoms with Crippen molar-refractivity contribution in [1.29, 1.82) is 0 Å². The van der Waals surface area contributed by atoms with E-state index in [2.05, 4.69) is 19.9 Å². The molecular weight excluding hydrogens is 370 g/mol. The van der Waals surface area contributed by atoms with E-state index in [1.54, 1.807) is 17.8 Å². The molecule has 0 unspecified atom stereocenters. The lowest BCUT2D eigenvalue weighted by atomic mass is 9.89. The van der Waals surface area contributed by atoms with Gasteiger partial charge in [0.25, 0.3) is 5.91 Å². The summed E-state index contributed by atoms with van der Waals surface area (Å²) < 4.78 is 10.7. The zero-order chi connectivity index (χ0) is 18.9. The highest BCUT2D eigenvalue weighted by Gasteiger charge is 2.42. The van der Waals surface area contributed by atoms with E-state index in [0.717, 1.165) is 0 Å². The number of amides is 2. The second kappa shape index (κ2) is 7.35. The molecule has 27 heavy (non-hydrogen) atoms. The molecule has 0 saturated carbocycles. The molecule has 2 aliphatic rings. The zero-order valence-electron chi connectivity index (χ0n) is 15.1. The van der Waals surface area contributed by atoms with Crippen LogP contribution in [0.1, 0.15) is 34.7 Å². The number of carbonyl (C=O) groups excluding carboxylic acids is 2. The number of ether oxygens (including phenoxy) is 1. The largest absolute Gasteiger partial charge is 0.371 e. The van der Waals surface area contributed by atoms with Crippen LogP contribution in [0.3, 0.4) is 0 Å². The van der Waals surface area contributed by atoms with Gasteiger partial charge in [-0.05, 0) is 19.8 Å². The van der Waals surface area contributed by atoms with Crippen molar-refractivity contribution >= 4 is 23.2 Å². The van der Waals surface area contributed by atoms with Crippen LogP contribution in [0.4, 0.5) is 0 Å². The molecule has 0 atom stereocenters. The summed E-state index contributed by atoms with van der Waals surface area (Å²) in [5.74, 6) is -0.0405. The fourth-order valence-electron chi connectivity index (χ4n) is 3.62. The summed E-state index contributed by atoms with van der Waals surface area (Å²) in [5, 5.41) is 9.28. The van der Waals surface area contributed by atoms with Crippen molar-refractivity contribution in [3.63, 3.8) is 0 Å². The van der Waals surface area contributed by atoms with Crippen molar-refractivity contribution < 1.29 is 19.0 Å². The van der Waals surface area contributed by atoms with Gasteiger partial charge in [0.15, 0.2) is 0 Å². The number of rotatable bonds is 3. The van der Waals surface area contributed by atoms with Crippen LogP contribution >= 0.6 is 11.3 Å². The zero-order valence-corrected chi connectivity index (χ0v) is 15.9. The Balaban J connectivity index is 1.36. The van der Waals surface area contributed by atoms with Crippen molar-refractivity contribution in [3.8, 4) is 0 Å². The van der Waals surface area contributed by atoms with Gasteiger partial charge in [-0.3, -0.25) is 9.59 Å². The van der Waals surface area contributed by atoms with Crippen LogP contribution in [0.15, 0.2) is 15.5 Å². The lowest BCUT2D eigenvalue weighted by Gasteiger charge is -2.47. The minimum absolute atomic E-state index is 0.00236. The maximum atomic E-state index is 12.7. The first kappa shape index (κ1) is 18.1. The first-order valence-corrected chi connectivity index (χ1v) is 9.88. The van der Waals surface area contributed by atoms with Gasteiger partial charge in [-0.2, -0.15) is 0 Å². The average molecular weight is 391 g/mol. The molecule has 2 aliphatic heterocycles. The SMILES string of the molecule is Cc1nonc1CC(=O)N1CCOC2(CCN(C(=O)c3cscn3)CC2)C1. The van der Waals surface area contributed by atoms with Crippen LogP contribution in [0, 0.1) is 6.92 Å². The van der Waals surface area contributed by atoms with Crippen LogP contribution < -0.4 is 0 Å². The third-order valence-electron chi connectivity index (χ3n) is 5.28. The standard InChI is InChI=1S/C17H21N5O4S/c1-12-13(20-26-19-12)8-15(23)22-6-7-25-17(10-22)2-4-21(5-3-17)16(24)14-9-27-11-18-14/h9,11H,2-8,10H2,1H3. The van der Waals surface area contributed by atoms with E-state index in [9.17, 15) is 9.59 Å². The Morgan fingerprint density at radius 3 is 2.70 bits per heavy atom. The smallest absolute Gasteiger partial charge is 0.273 e. The topological polar surface area (TPSA) is 102 Å². The predicted molar refractivity (Wildman–Crippen MR) is 95.3 cm³/mol. The molecule has 10 heteroatoms. The molecule has 0 radical (unpaired) electrons. The highest BCUT2D eigenvalue weighted by atomic mass is 32.1. The number of thiazole rings is 1. The number of hydrogen-bond donors (Lipinski definition) is 0. The van der Waals surface area contributed by atoms with E-state index in [1.807, 2.05) is 9.80 Å². The maximum Gasteiger partial charge on any atom is 0.273 e. The molecule has 4 heterocycles. The van der Waals surface area contributed by atoms with E-state index in [-0.39, 0.29) is 23.8 Å². The number of aryl methyl sites for hydroxylation is 1. The number of likely N-dealkylation sites (tertiary alicyclic amines) is 1. The van der Waals surface area contributed by atoms with Gasteiger partial charge in [-0.25, -0.2) is 9.61 Å². The highest BCUT2D eigenvalue weighted by Crippen LogP contribution is 2.31. The van der Waals surface area contributed by atoms with Gasteiger partial charge in [0, 0.05) is 31.6 Å². The van der Waals surface area contributed by atoms with Crippen molar-refractivity contribution in [1.82, 2.24) is 25.1 Å². The summed E-state index contributed by atoms with van der Waals surface area (Å²) in [5.41, 5.74) is 2.99. The fourth-order valence-corrected chi connectivity index (χ4v) is 4.15. The third-order valence-corrected chi connectivity index (χ3v) is 5.87. The number of carbonyl (C=O) groups is 2. The van der Waals surface area contributed by atoms with Crippen LogP contribution in [-0.2, 0) is 16.0 Å². The highest BCUT2D eigenvalue weighted by molar-refractivity contribution is 7.07. The van der Waals surface area contributed by atoms with Gasteiger partial charge >= 0.3 is 0 Å². The Morgan fingerprint density at radius 1 is 1.22 bits per heavy atom. The van der Waals surface area contributed by atoms with E-state index in [1.165, 1.54) is 11.3 Å². The van der Waals surface area contributed by atoms with E-state index >= 15 is 0 Å². The second-order valence-electron chi connectivity index (χ2n) is 6.99. The van der Waals surface area contributed by atoms with E-state index in [4.69, 9.17) is 4.74 Å². The number of piperidine rings is 1. The van der Waals surface area contributed by atoms with Gasteiger partial charge in [-0.15, -0.1) is 11.3 Å². The molecule has 1 spiro atoms. The summed E-state index contributed by atoms with van der Waals surface area (Å²) >= 11 is 1.42. The molecule has 0 aliphatic carbocycles. The monoisotopic (exact) mass is 391 g/mol. The lowest BCUT2D eigenvalue weighted by molar-refractivity contribution is -0.157. The molecule has 0 bridgehead atoms. The molecule has 2 aromatic heterocycles. The minimum Gasteiger partial charge on any atom is -0.371 e. The molecule has 0 N–H and O–H groups in total. The molecular formula is C17H21N5O4S. The van der Waals surface area contributed by atoms with Gasteiger partial charge < -0.3 is 14.5 Å². The average Bonchev–Trinajstić information content (AvgIpc) is 3.34. The Kier molecular flexibility index (Phi) is 4.92. The molecule has 2 aromatic rings. The Hall–Kier alpha value is -2.33. The number of nitrogens with zero attached hydrogens (tertiary/aromatic N) is 5. The minimum atomic E-state index is -0.385. The third kappa shape index (κ3) is 3.72. The predicted octanol–water partition coefficient (Wildman–Crippen LogP) is 0.911. The fraction of sp³-hybridized carbons (Fsp3) is 0.588. The van der Waals surface area contributed by atoms with Crippen LogP contribution in [0.2, 0.25) is 0 Å². The molecule has 2 saturated heterocycles. The van der Waals surface area contributed by atoms with Gasteiger partial charge in [-0.1, -0.05) is 10.3 Å². The molecule has 144 valence electrons. The molecule has 9 nitrogen and oxygen atoms in total. The molecule has 2 amide bonds. The van der Waals surface area contributed by atoms with Gasteiger partial charge in [0.05, 0.1) is 24.1 Å². The van der Waals surface area contributed by atoms with Crippen molar-refractivity contribution in [2.24, 2.45) is 0 Å². The molecule has 2 fully saturated rings. The summed E-state index contributed by atoms with van der Waals surface area (Å²) in [4.78, 5) is 32.9. The number of aromatic nitrogens is 3. The van der Waals surface area contributed by atoms with Gasteiger partial charge in [0.1, 0.15) is 17.1 Å². The lowest BCUT2D eigenvalue weighted by Crippen LogP contribution is -2.58. The van der Waals surface area contributed by atoms with Crippen molar-refractivity contribution in [3.05, 3.63) is 28.0 Å². The van der Waals surface area contributed by atoms with Gasteiger partial charge in [0.2, 0.25) is 5.91 Å². The molecule has 4 rings (SSSR count). The summed E-state index contributed by atoms with van der Waals surface area (Å²) in [7, 11) is 0. The van der Waals surface area contributed by atoms with Crippen molar-refractivity contribution in [2.45, 2.75) is 31.8 Å². The first-order chi connectivity index (χ1) is 13.1. The quantitative estimate of drug-likeness (QED) is 0.766. The van der Waals surface area contributed by atoms with E-state index in [0.29, 0.717) is 62.7 Å².